The predicted octanol–water partition coefficient (Wildman–Crippen LogP) is 2.32. The number of nitrogens with one attached hydrogen (secondary N) is 2. The van der Waals surface area contributed by atoms with Crippen molar-refractivity contribution in [3.8, 4) is 5.75 Å². The Kier molecular flexibility index (Phi) is 5.91. The van der Waals surface area contributed by atoms with Gasteiger partial charge in [0.2, 0.25) is 10.9 Å². The SMILES string of the molecule is CNC1COc2ccc(N3CC(C(N[SH](=O)=O)C4CC4)C3)cc2C1Cc1ccccc1. The minimum atomic E-state index is -2.54. The van der Waals surface area contributed by atoms with Crippen molar-refractivity contribution in [2.45, 2.75) is 37.3 Å². The summed E-state index contributed by atoms with van der Waals surface area (Å²) in [6, 6.07) is 17.5. The van der Waals surface area contributed by atoms with Gasteiger partial charge in [0.1, 0.15) is 12.4 Å². The lowest BCUT2D eigenvalue weighted by Crippen LogP contribution is -2.56. The molecule has 1 saturated carbocycles. The van der Waals surface area contributed by atoms with E-state index in [1.165, 1.54) is 16.8 Å². The number of hydrogen-bond acceptors (Lipinski definition) is 5. The Labute approximate surface area is 186 Å². The highest BCUT2D eigenvalue weighted by Gasteiger charge is 2.42. The second-order valence-electron chi connectivity index (χ2n) is 9.14. The first-order valence-corrected chi connectivity index (χ1v) is 12.4. The Bertz CT molecular complexity index is 979. The number of anilines is 1. The van der Waals surface area contributed by atoms with Crippen LogP contribution < -0.4 is 19.7 Å². The summed E-state index contributed by atoms with van der Waals surface area (Å²) >= 11 is 0. The minimum Gasteiger partial charge on any atom is -0.492 e. The molecule has 1 aliphatic carbocycles. The summed E-state index contributed by atoms with van der Waals surface area (Å²) in [5.41, 5.74) is 3.80. The average Bonchev–Trinajstić information content (AvgIpc) is 3.58. The number of benzene rings is 2. The zero-order chi connectivity index (χ0) is 21.4. The van der Waals surface area contributed by atoms with E-state index in [-0.39, 0.29) is 12.1 Å². The van der Waals surface area contributed by atoms with Gasteiger partial charge in [0.15, 0.2) is 0 Å². The smallest absolute Gasteiger partial charge is 0.201 e. The van der Waals surface area contributed by atoms with Gasteiger partial charge in [0, 0.05) is 48.3 Å². The normalized spacial score (nSPS) is 24.4. The number of likely N-dealkylation sites (N-methyl/N-ethyl adjacent to an activating group) is 1. The van der Waals surface area contributed by atoms with Gasteiger partial charge in [0.05, 0.1) is 0 Å². The lowest BCUT2D eigenvalue weighted by molar-refractivity contribution is 0.218. The molecule has 0 amide bonds. The van der Waals surface area contributed by atoms with Gasteiger partial charge in [-0.3, -0.25) is 0 Å². The second kappa shape index (κ2) is 8.81. The summed E-state index contributed by atoms with van der Waals surface area (Å²) < 4.78 is 31.4. The summed E-state index contributed by atoms with van der Waals surface area (Å²) in [7, 11) is -0.535. The van der Waals surface area contributed by atoms with E-state index >= 15 is 0 Å². The summed E-state index contributed by atoms with van der Waals surface area (Å²) in [5, 5.41) is 3.45. The number of thiol groups is 1. The van der Waals surface area contributed by atoms with Crippen LogP contribution in [0.3, 0.4) is 0 Å². The maximum Gasteiger partial charge on any atom is 0.201 e. The van der Waals surface area contributed by atoms with Crippen LogP contribution in [0.15, 0.2) is 48.5 Å². The van der Waals surface area contributed by atoms with E-state index in [9.17, 15) is 8.42 Å². The molecule has 2 heterocycles. The zero-order valence-electron chi connectivity index (χ0n) is 17.9. The quantitative estimate of drug-likeness (QED) is 0.549. The van der Waals surface area contributed by atoms with E-state index < -0.39 is 10.9 Å². The highest BCUT2D eigenvalue weighted by molar-refractivity contribution is 7.70. The molecule has 0 bridgehead atoms. The Morgan fingerprint density at radius 2 is 1.87 bits per heavy atom. The van der Waals surface area contributed by atoms with Gasteiger partial charge >= 0.3 is 0 Å². The largest absolute Gasteiger partial charge is 0.492 e. The Balaban J connectivity index is 1.34. The molecule has 2 fully saturated rings. The number of ether oxygens (including phenoxy) is 1. The van der Waals surface area contributed by atoms with Crippen molar-refractivity contribution in [3.05, 3.63) is 59.7 Å². The van der Waals surface area contributed by atoms with Crippen molar-refractivity contribution in [2.75, 3.05) is 31.6 Å². The number of fused-ring (bicyclic) bond motifs is 1. The van der Waals surface area contributed by atoms with Crippen molar-refractivity contribution in [1.82, 2.24) is 10.0 Å². The highest BCUT2D eigenvalue weighted by Crippen LogP contribution is 2.42. The average molecular weight is 442 g/mol. The first kappa shape index (κ1) is 20.8. The van der Waals surface area contributed by atoms with Gasteiger partial charge in [-0.15, -0.1) is 0 Å². The standard InChI is InChI=1S/C24H31N3O3S/c1-25-22-15-30-23-10-9-19(12-21(23)20(22)11-16-5-3-2-4-6-16)27-13-18(14-27)24(17-7-8-17)26-31(28)29/h2-6,9-10,12,17-18,20,22,24-25,31H,7-8,11,13-15H2,1H3,(H,26,28,29). The molecule has 0 spiro atoms. The molecule has 31 heavy (non-hydrogen) atoms. The first-order valence-electron chi connectivity index (χ1n) is 11.3. The molecule has 3 unspecified atom stereocenters. The molecule has 0 radical (unpaired) electrons. The van der Waals surface area contributed by atoms with Gasteiger partial charge in [-0.05, 0) is 56.0 Å². The fraction of sp³-hybridized carbons (Fsp3) is 0.500. The number of nitrogens with zero attached hydrogens (tertiary/aromatic N) is 1. The lowest BCUT2D eigenvalue weighted by atomic mass is 9.83. The van der Waals surface area contributed by atoms with E-state index in [0.717, 1.165) is 38.1 Å². The molecular formula is C24H31N3O3S. The molecule has 5 rings (SSSR count). The number of hydrogen-bond donors (Lipinski definition) is 3. The summed E-state index contributed by atoms with van der Waals surface area (Å²) in [6.45, 7) is 2.47. The Hall–Kier alpha value is -2.09. The van der Waals surface area contributed by atoms with Gasteiger partial charge in [0.25, 0.3) is 0 Å². The van der Waals surface area contributed by atoms with Crippen molar-refractivity contribution in [2.24, 2.45) is 11.8 Å². The van der Waals surface area contributed by atoms with Crippen molar-refractivity contribution >= 4 is 16.6 Å². The van der Waals surface area contributed by atoms with Crippen LogP contribution in [-0.4, -0.2) is 47.2 Å². The summed E-state index contributed by atoms with van der Waals surface area (Å²) in [6.07, 6.45) is 3.25. The first-order chi connectivity index (χ1) is 15.1. The summed E-state index contributed by atoms with van der Waals surface area (Å²) in [5.74, 6) is 2.23. The fourth-order valence-electron chi connectivity index (χ4n) is 5.19. The molecule has 7 heteroatoms. The van der Waals surface area contributed by atoms with Crippen molar-refractivity contribution in [3.63, 3.8) is 0 Å². The molecule has 2 aromatic rings. The van der Waals surface area contributed by atoms with Crippen LogP contribution in [0.4, 0.5) is 5.69 Å². The molecule has 2 aliphatic heterocycles. The highest BCUT2D eigenvalue weighted by atomic mass is 32.2. The van der Waals surface area contributed by atoms with E-state index in [2.05, 4.69) is 63.5 Å². The van der Waals surface area contributed by atoms with Crippen LogP contribution in [0.25, 0.3) is 0 Å². The second-order valence-corrected chi connectivity index (χ2v) is 9.91. The maximum absolute atomic E-state index is 11.2. The monoisotopic (exact) mass is 441 g/mol. The van der Waals surface area contributed by atoms with Gasteiger partial charge < -0.3 is 15.0 Å². The van der Waals surface area contributed by atoms with E-state index in [0.29, 0.717) is 24.4 Å². The van der Waals surface area contributed by atoms with Crippen LogP contribution in [-0.2, 0) is 17.3 Å². The topological polar surface area (TPSA) is 70.7 Å². The zero-order valence-corrected chi connectivity index (χ0v) is 18.8. The third-order valence-corrected chi connectivity index (χ3v) is 7.64. The fourth-order valence-corrected chi connectivity index (χ4v) is 5.86. The molecule has 2 N–H and O–H groups in total. The van der Waals surface area contributed by atoms with Crippen molar-refractivity contribution < 1.29 is 13.2 Å². The summed E-state index contributed by atoms with van der Waals surface area (Å²) in [4.78, 5) is 2.36. The molecule has 1 saturated heterocycles. The number of rotatable bonds is 8. The third-order valence-electron chi connectivity index (χ3n) is 7.13. The minimum absolute atomic E-state index is 0.0952. The molecule has 166 valence electrons. The molecular weight excluding hydrogens is 410 g/mol. The van der Waals surface area contributed by atoms with Crippen molar-refractivity contribution in [1.29, 1.82) is 0 Å². The molecule has 6 nitrogen and oxygen atoms in total. The van der Waals surface area contributed by atoms with E-state index in [1.54, 1.807) is 0 Å². The Morgan fingerprint density at radius 1 is 1.10 bits per heavy atom. The van der Waals surface area contributed by atoms with Crippen LogP contribution >= 0.6 is 0 Å². The molecule has 2 aromatic carbocycles. The molecule has 3 aliphatic rings. The third kappa shape index (κ3) is 4.45. The van der Waals surface area contributed by atoms with Gasteiger partial charge in [-0.25, -0.2) is 13.1 Å². The molecule has 0 aromatic heterocycles. The van der Waals surface area contributed by atoms with Crippen LogP contribution in [0.5, 0.6) is 5.75 Å². The Morgan fingerprint density at radius 3 is 2.55 bits per heavy atom. The lowest BCUT2D eigenvalue weighted by Gasteiger charge is -2.45. The van der Waals surface area contributed by atoms with E-state index in [4.69, 9.17) is 4.74 Å². The maximum atomic E-state index is 11.2. The van der Waals surface area contributed by atoms with Crippen LogP contribution in [0.2, 0.25) is 0 Å². The molecule has 3 atom stereocenters. The van der Waals surface area contributed by atoms with E-state index in [1.807, 2.05) is 7.05 Å². The predicted molar refractivity (Wildman–Crippen MR) is 123 cm³/mol. The van der Waals surface area contributed by atoms with Crippen LogP contribution in [0.1, 0.15) is 29.9 Å². The van der Waals surface area contributed by atoms with Gasteiger partial charge in [-0.1, -0.05) is 30.3 Å². The van der Waals surface area contributed by atoms with Crippen LogP contribution in [0, 0.1) is 11.8 Å². The van der Waals surface area contributed by atoms with Gasteiger partial charge in [-0.2, -0.15) is 0 Å².